The lowest BCUT2D eigenvalue weighted by atomic mass is 9.87. The van der Waals surface area contributed by atoms with E-state index in [1.165, 1.54) is 5.56 Å². The maximum absolute atomic E-state index is 11.9. The Kier molecular flexibility index (Phi) is 7.14. The van der Waals surface area contributed by atoms with Crippen LogP contribution in [0.2, 0.25) is 0 Å². The van der Waals surface area contributed by atoms with Gasteiger partial charge >= 0.3 is 0 Å². The van der Waals surface area contributed by atoms with Gasteiger partial charge in [0.2, 0.25) is 5.91 Å². The van der Waals surface area contributed by atoms with Crippen LogP contribution >= 0.6 is 11.8 Å². The first-order valence-electron chi connectivity index (χ1n) is 8.77. The third-order valence-electron chi connectivity index (χ3n) is 4.07. The van der Waals surface area contributed by atoms with Gasteiger partial charge in [0.05, 0.1) is 18.0 Å². The summed E-state index contributed by atoms with van der Waals surface area (Å²) in [5.41, 5.74) is 3.37. The molecule has 0 fully saturated rings. The van der Waals surface area contributed by atoms with Crippen LogP contribution in [-0.4, -0.2) is 30.0 Å². The molecule has 6 heteroatoms. The fourth-order valence-electron chi connectivity index (χ4n) is 2.42. The number of carbonyl (C=O) groups excluding carboxylic acids is 1. The summed E-state index contributed by atoms with van der Waals surface area (Å²) < 4.78 is 10.8. The number of thioether (sulfide) groups is 1. The average Bonchev–Trinajstić information content (AvgIpc) is 2.90. The van der Waals surface area contributed by atoms with E-state index in [9.17, 15) is 4.79 Å². The summed E-state index contributed by atoms with van der Waals surface area (Å²) in [7, 11) is 0. The minimum Gasteiger partial charge on any atom is -0.492 e. The molecule has 1 heterocycles. The highest BCUT2D eigenvalue weighted by atomic mass is 32.2. The first kappa shape index (κ1) is 20.4. The Labute approximate surface area is 159 Å². The average molecular weight is 377 g/mol. The Hall–Kier alpha value is -1.95. The highest BCUT2D eigenvalue weighted by Crippen LogP contribution is 2.24. The van der Waals surface area contributed by atoms with Crippen molar-refractivity contribution in [3.05, 3.63) is 46.8 Å². The van der Waals surface area contributed by atoms with Gasteiger partial charge in [-0.1, -0.05) is 38.1 Å². The predicted molar refractivity (Wildman–Crippen MR) is 106 cm³/mol. The van der Waals surface area contributed by atoms with Gasteiger partial charge in [0.1, 0.15) is 18.1 Å². The first-order chi connectivity index (χ1) is 12.3. The SMILES string of the molecule is Cc1noc(C)c1CSCC(=O)NCCOc1ccc(C(C)(C)C)cc1. The van der Waals surface area contributed by atoms with Crippen LogP contribution in [0.5, 0.6) is 5.75 Å². The van der Waals surface area contributed by atoms with Crippen molar-refractivity contribution in [2.45, 2.75) is 45.8 Å². The maximum Gasteiger partial charge on any atom is 0.230 e. The second-order valence-electron chi connectivity index (χ2n) is 7.27. The number of aryl methyl sites for hydroxylation is 2. The summed E-state index contributed by atoms with van der Waals surface area (Å²) in [6, 6.07) is 8.11. The minimum atomic E-state index is 0.00782. The maximum atomic E-state index is 11.9. The molecule has 0 aliphatic rings. The Morgan fingerprint density at radius 2 is 1.92 bits per heavy atom. The smallest absolute Gasteiger partial charge is 0.230 e. The van der Waals surface area contributed by atoms with E-state index < -0.39 is 0 Å². The van der Waals surface area contributed by atoms with Crippen molar-refractivity contribution in [2.24, 2.45) is 0 Å². The Balaban J connectivity index is 1.63. The van der Waals surface area contributed by atoms with Gasteiger partial charge in [-0.05, 0) is 37.0 Å². The highest BCUT2D eigenvalue weighted by molar-refractivity contribution is 7.99. The van der Waals surface area contributed by atoms with Crippen molar-refractivity contribution in [3.63, 3.8) is 0 Å². The van der Waals surface area contributed by atoms with Crippen LogP contribution in [0.4, 0.5) is 0 Å². The molecule has 1 aromatic carbocycles. The molecule has 1 amide bonds. The standard InChI is InChI=1S/C20H28N2O3S/c1-14-18(15(2)25-22-14)12-26-13-19(23)21-10-11-24-17-8-6-16(7-9-17)20(3,4)5/h6-9H,10-13H2,1-5H3,(H,21,23). The van der Waals surface area contributed by atoms with Crippen molar-refractivity contribution in [2.75, 3.05) is 18.9 Å². The van der Waals surface area contributed by atoms with Crippen LogP contribution < -0.4 is 10.1 Å². The summed E-state index contributed by atoms with van der Waals surface area (Å²) in [6.45, 7) is 11.3. The van der Waals surface area contributed by atoms with Crippen molar-refractivity contribution in [3.8, 4) is 5.75 Å². The van der Waals surface area contributed by atoms with Gasteiger partial charge in [0, 0.05) is 11.3 Å². The number of nitrogens with zero attached hydrogens (tertiary/aromatic N) is 1. The van der Waals surface area contributed by atoms with E-state index in [2.05, 4.69) is 43.4 Å². The van der Waals surface area contributed by atoms with Crippen molar-refractivity contribution >= 4 is 17.7 Å². The molecule has 0 radical (unpaired) electrons. The lowest BCUT2D eigenvalue weighted by Crippen LogP contribution is -2.29. The lowest BCUT2D eigenvalue weighted by molar-refractivity contribution is -0.118. The molecule has 0 spiro atoms. The van der Waals surface area contributed by atoms with Crippen LogP contribution in [0.25, 0.3) is 0 Å². The van der Waals surface area contributed by atoms with E-state index in [0.717, 1.165) is 28.5 Å². The fourth-order valence-corrected chi connectivity index (χ4v) is 3.42. The number of rotatable bonds is 8. The molecule has 0 unspecified atom stereocenters. The number of nitrogens with one attached hydrogen (secondary N) is 1. The number of hydrogen-bond acceptors (Lipinski definition) is 5. The van der Waals surface area contributed by atoms with Gasteiger partial charge in [-0.2, -0.15) is 0 Å². The Morgan fingerprint density at radius 3 is 2.50 bits per heavy atom. The number of ether oxygens (including phenoxy) is 1. The zero-order valence-electron chi connectivity index (χ0n) is 16.2. The normalized spacial score (nSPS) is 11.4. The zero-order chi connectivity index (χ0) is 19.2. The number of aromatic nitrogens is 1. The molecule has 5 nitrogen and oxygen atoms in total. The van der Waals surface area contributed by atoms with Crippen LogP contribution in [0.3, 0.4) is 0 Å². The predicted octanol–water partition coefficient (Wildman–Crippen LogP) is 4.02. The van der Waals surface area contributed by atoms with Gasteiger partial charge in [0.25, 0.3) is 0 Å². The van der Waals surface area contributed by atoms with E-state index in [-0.39, 0.29) is 11.3 Å². The van der Waals surface area contributed by atoms with Gasteiger partial charge in [-0.15, -0.1) is 11.8 Å². The molecule has 1 N–H and O–H groups in total. The van der Waals surface area contributed by atoms with Gasteiger partial charge in [0.15, 0.2) is 0 Å². The molecule has 0 bridgehead atoms. The minimum absolute atomic E-state index is 0.00782. The van der Waals surface area contributed by atoms with Gasteiger partial charge in [-0.3, -0.25) is 4.79 Å². The lowest BCUT2D eigenvalue weighted by Gasteiger charge is -2.19. The molecule has 2 aromatic rings. The first-order valence-corrected chi connectivity index (χ1v) is 9.92. The molecule has 0 aliphatic heterocycles. The molecule has 26 heavy (non-hydrogen) atoms. The molecule has 0 saturated carbocycles. The molecule has 0 aliphatic carbocycles. The summed E-state index contributed by atoms with van der Waals surface area (Å²) in [5.74, 6) is 2.78. The Morgan fingerprint density at radius 1 is 1.23 bits per heavy atom. The third kappa shape index (κ3) is 6.09. The summed E-state index contributed by atoms with van der Waals surface area (Å²) in [4.78, 5) is 11.9. The summed E-state index contributed by atoms with van der Waals surface area (Å²) >= 11 is 1.55. The monoisotopic (exact) mass is 376 g/mol. The molecular weight excluding hydrogens is 348 g/mol. The Bertz CT molecular complexity index is 698. The van der Waals surface area contributed by atoms with Crippen LogP contribution in [0, 0.1) is 13.8 Å². The molecule has 1 aromatic heterocycles. The van der Waals surface area contributed by atoms with E-state index in [0.29, 0.717) is 18.9 Å². The van der Waals surface area contributed by atoms with Gasteiger partial charge in [-0.25, -0.2) is 0 Å². The summed E-state index contributed by atoms with van der Waals surface area (Å²) in [6.07, 6.45) is 0. The molecule has 142 valence electrons. The van der Waals surface area contributed by atoms with Crippen molar-refractivity contribution in [1.29, 1.82) is 0 Å². The number of carbonyl (C=O) groups is 1. The number of hydrogen-bond donors (Lipinski definition) is 1. The van der Waals surface area contributed by atoms with Crippen LogP contribution in [-0.2, 0) is 16.0 Å². The van der Waals surface area contributed by atoms with Crippen LogP contribution in [0.1, 0.15) is 43.4 Å². The summed E-state index contributed by atoms with van der Waals surface area (Å²) in [5, 5.41) is 6.79. The van der Waals surface area contributed by atoms with E-state index in [1.807, 2.05) is 26.0 Å². The largest absolute Gasteiger partial charge is 0.492 e. The van der Waals surface area contributed by atoms with E-state index in [1.54, 1.807) is 11.8 Å². The molecule has 2 rings (SSSR count). The second kappa shape index (κ2) is 9.12. The topological polar surface area (TPSA) is 64.4 Å². The molecule has 0 saturated heterocycles. The van der Waals surface area contributed by atoms with E-state index >= 15 is 0 Å². The third-order valence-corrected chi connectivity index (χ3v) is 5.03. The van der Waals surface area contributed by atoms with Crippen molar-refractivity contribution in [1.82, 2.24) is 10.5 Å². The second-order valence-corrected chi connectivity index (χ2v) is 8.25. The van der Waals surface area contributed by atoms with Gasteiger partial charge < -0.3 is 14.6 Å². The van der Waals surface area contributed by atoms with Crippen molar-refractivity contribution < 1.29 is 14.1 Å². The molecular formula is C20H28N2O3S. The highest BCUT2D eigenvalue weighted by Gasteiger charge is 2.13. The zero-order valence-corrected chi connectivity index (χ0v) is 17.0. The van der Waals surface area contributed by atoms with Crippen LogP contribution in [0.15, 0.2) is 28.8 Å². The van der Waals surface area contributed by atoms with E-state index in [4.69, 9.17) is 9.26 Å². The number of benzene rings is 1. The number of amides is 1. The fraction of sp³-hybridized carbons (Fsp3) is 0.500. The molecule has 0 atom stereocenters. The quantitative estimate of drug-likeness (QED) is 0.705.